The monoisotopic (exact) mass is 190 g/mol. The third-order valence-electron chi connectivity index (χ3n) is 3.10. The van der Waals surface area contributed by atoms with Crippen LogP contribution in [0.1, 0.15) is 24.8 Å². The summed E-state index contributed by atoms with van der Waals surface area (Å²) in [6, 6.07) is 9.86. The third-order valence-corrected chi connectivity index (χ3v) is 3.10. The fourth-order valence-electron chi connectivity index (χ4n) is 2.07. The van der Waals surface area contributed by atoms with Crippen molar-refractivity contribution in [3.8, 4) is 0 Å². The van der Waals surface area contributed by atoms with Gasteiger partial charge in [-0.05, 0) is 18.4 Å². The van der Waals surface area contributed by atoms with E-state index in [9.17, 15) is 4.79 Å². The van der Waals surface area contributed by atoms with Gasteiger partial charge in [-0.25, -0.2) is 5.84 Å². The molecule has 0 bridgehead atoms. The summed E-state index contributed by atoms with van der Waals surface area (Å²) in [6.45, 7) is 0. The first-order valence-electron chi connectivity index (χ1n) is 4.86. The summed E-state index contributed by atoms with van der Waals surface area (Å²) < 4.78 is 0. The molecule has 1 saturated carbocycles. The minimum Gasteiger partial charge on any atom is -0.293 e. The highest BCUT2D eigenvalue weighted by Crippen LogP contribution is 2.43. The molecule has 0 aliphatic heterocycles. The van der Waals surface area contributed by atoms with E-state index in [4.69, 9.17) is 5.84 Å². The molecule has 0 radical (unpaired) electrons. The molecule has 14 heavy (non-hydrogen) atoms. The maximum atomic E-state index is 11.7. The summed E-state index contributed by atoms with van der Waals surface area (Å²) in [5.41, 5.74) is 2.99. The largest absolute Gasteiger partial charge is 0.293 e. The van der Waals surface area contributed by atoms with Crippen LogP contribution in [0.2, 0.25) is 0 Å². The Hall–Kier alpha value is -1.35. The van der Waals surface area contributed by atoms with Gasteiger partial charge in [0.25, 0.3) is 0 Å². The molecule has 1 aliphatic carbocycles. The van der Waals surface area contributed by atoms with Crippen molar-refractivity contribution in [2.75, 3.05) is 0 Å². The van der Waals surface area contributed by atoms with Crippen LogP contribution in [0.25, 0.3) is 0 Å². The minimum atomic E-state index is -0.351. The third kappa shape index (κ3) is 1.21. The smallest absolute Gasteiger partial charge is 0.244 e. The summed E-state index contributed by atoms with van der Waals surface area (Å²) in [4.78, 5) is 11.7. The average Bonchev–Trinajstić information content (AvgIpc) is 2.17. The molecule has 0 spiro atoms. The molecule has 3 heteroatoms. The molecule has 74 valence electrons. The van der Waals surface area contributed by atoms with Gasteiger partial charge < -0.3 is 0 Å². The Balaban J connectivity index is 2.34. The van der Waals surface area contributed by atoms with Crippen LogP contribution in [-0.2, 0) is 10.2 Å². The Morgan fingerprint density at radius 1 is 1.29 bits per heavy atom. The van der Waals surface area contributed by atoms with Crippen LogP contribution in [0, 0.1) is 0 Å². The van der Waals surface area contributed by atoms with Crippen molar-refractivity contribution in [2.45, 2.75) is 24.7 Å². The average molecular weight is 190 g/mol. The standard InChI is InChI=1S/C11H14N2O/c12-13-10(14)11(7-4-8-11)9-5-2-1-3-6-9/h1-3,5-6H,4,7-8,12H2,(H,13,14). The molecule has 2 rings (SSSR count). The summed E-state index contributed by atoms with van der Waals surface area (Å²) in [5.74, 6) is 5.15. The summed E-state index contributed by atoms with van der Waals surface area (Å²) in [6.07, 6.45) is 2.91. The number of nitrogens with two attached hydrogens (primary N) is 1. The molecule has 1 fully saturated rings. The number of benzene rings is 1. The van der Waals surface area contributed by atoms with E-state index >= 15 is 0 Å². The normalized spacial score (nSPS) is 18.4. The van der Waals surface area contributed by atoms with Crippen LogP contribution in [0.3, 0.4) is 0 Å². The number of hydrogen-bond acceptors (Lipinski definition) is 2. The van der Waals surface area contributed by atoms with E-state index in [1.165, 1.54) is 0 Å². The fourth-order valence-corrected chi connectivity index (χ4v) is 2.07. The Morgan fingerprint density at radius 2 is 1.93 bits per heavy atom. The quantitative estimate of drug-likeness (QED) is 0.417. The maximum absolute atomic E-state index is 11.7. The van der Waals surface area contributed by atoms with Gasteiger partial charge in [-0.3, -0.25) is 10.2 Å². The molecule has 0 saturated heterocycles. The van der Waals surface area contributed by atoms with Gasteiger partial charge in [0.2, 0.25) is 5.91 Å². The summed E-state index contributed by atoms with van der Waals surface area (Å²) in [5, 5.41) is 0. The van der Waals surface area contributed by atoms with E-state index in [2.05, 4.69) is 5.43 Å². The van der Waals surface area contributed by atoms with Crippen molar-refractivity contribution in [3.05, 3.63) is 35.9 Å². The van der Waals surface area contributed by atoms with E-state index in [1.807, 2.05) is 30.3 Å². The van der Waals surface area contributed by atoms with Gasteiger partial charge in [-0.1, -0.05) is 36.8 Å². The maximum Gasteiger partial charge on any atom is 0.244 e. The van der Waals surface area contributed by atoms with Crippen molar-refractivity contribution < 1.29 is 4.79 Å². The lowest BCUT2D eigenvalue weighted by atomic mass is 9.64. The molecule has 3 N–H and O–H groups in total. The topological polar surface area (TPSA) is 55.1 Å². The van der Waals surface area contributed by atoms with E-state index < -0.39 is 0 Å². The molecular formula is C11H14N2O. The Labute approximate surface area is 83.3 Å². The number of hydrogen-bond donors (Lipinski definition) is 2. The number of rotatable bonds is 2. The van der Waals surface area contributed by atoms with Crippen LogP contribution in [-0.4, -0.2) is 5.91 Å². The van der Waals surface area contributed by atoms with Crippen molar-refractivity contribution in [1.29, 1.82) is 0 Å². The Bertz CT molecular complexity index is 330. The van der Waals surface area contributed by atoms with Gasteiger partial charge in [0.05, 0.1) is 5.41 Å². The highest BCUT2D eigenvalue weighted by Gasteiger charge is 2.45. The SMILES string of the molecule is NNC(=O)C1(c2ccccc2)CCC1. The van der Waals surface area contributed by atoms with Crippen LogP contribution >= 0.6 is 0 Å². The molecule has 1 amide bonds. The van der Waals surface area contributed by atoms with Crippen LogP contribution in [0.15, 0.2) is 30.3 Å². The van der Waals surface area contributed by atoms with Crippen molar-refractivity contribution in [3.63, 3.8) is 0 Å². The van der Waals surface area contributed by atoms with Gasteiger partial charge in [0.15, 0.2) is 0 Å². The molecule has 0 heterocycles. The minimum absolute atomic E-state index is 0.0602. The lowest BCUT2D eigenvalue weighted by molar-refractivity contribution is -0.130. The van der Waals surface area contributed by atoms with E-state index in [0.717, 1.165) is 24.8 Å². The molecule has 1 aromatic rings. The van der Waals surface area contributed by atoms with Gasteiger partial charge >= 0.3 is 0 Å². The van der Waals surface area contributed by atoms with Crippen molar-refractivity contribution >= 4 is 5.91 Å². The molecule has 0 unspecified atom stereocenters. The molecular weight excluding hydrogens is 176 g/mol. The second kappa shape index (κ2) is 3.42. The Kier molecular flexibility index (Phi) is 2.25. The molecule has 3 nitrogen and oxygen atoms in total. The van der Waals surface area contributed by atoms with Gasteiger partial charge in [0, 0.05) is 0 Å². The number of amides is 1. The fraction of sp³-hybridized carbons (Fsp3) is 0.364. The van der Waals surface area contributed by atoms with Crippen LogP contribution in [0.4, 0.5) is 0 Å². The van der Waals surface area contributed by atoms with E-state index in [1.54, 1.807) is 0 Å². The lowest BCUT2D eigenvalue weighted by Crippen LogP contribution is -2.51. The zero-order chi connectivity index (χ0) is 10.0. The lowest BCUT2D eigenvalue weighted by Gasteiger charge is -2.40. The van der Waals surface area contributed by atoms with Gasteiger partial charge in [0.1, 0.15) is 0 Å². The van der Waals surface area contributed by atoms with Crippen molar-refractivity contribution in [1.82, 2.24) is 5.43 Å². The highest BCUT2D eigenvalue weighted by atomic mass is 16.2. The first-order valence-corrected chi connectivity index (χ1v) is 4.86. The number of nitrogens with one attached hydrogen (secondary N) is 1. The predicted octanol–water partition coefficient (Wildman–Crippen LogP) is 1.10. The molecule has 0 aromatic heterocycles. The van der Waals surface area contributed by atoms with Crippen LogP contribution < -0.4 is 11.3 Å². The first-order chi connectivity index (χ1) is 6.79. The second-order valence-corrected chi connectivity index (χ2v) is 3.78. The Morgan fingerprint density at radius 3 is 2.36 bits per heavy atom. The zero-order valence-corrected chi connectivity index (χ0v) is 7.99. The van der Waals surface area contributed by atoms with E-state index in [-0.39, 0.29) is 11.3 Å². The number of carbonyl (C=O) groups excluding carboxylic acids is 1. The molecule has 0 atom stereocenters. The molecule has 1 aromatic carbocycles. The van der Waals surface area contributed by atoms with Crippen molar-refractivity contribution in [2.24, 2.45) is 5.84 Å². The number of carbonyl (C=O) groups is 1. The second-order valence-electron chi connectivity index (χ2n) is 3.78. The predicted molar refractivity (Wildman–Crippen MR) is 54.3 cm³/mol. The summed E-state index contributed by atoms with van der Waals surface area (Å²) in [7, 11) is 0. The number of hydrazine groups is 1. The molecule has 1 aliphatic rings. The van der Waals surface area contributed by atoms with Gasteiger partial charge in [-0.2, -0.15) is 0 Å². The summed E-state index contributed by atoms with van der Waals surface area (Å²) >= 11 is 0. The zero-order valence-electron chi connectivity index (χ0n) is 7.99. The first kappa shape index (κ1) is 9.21. The van der Waals surface area contributed by atoms with E-state index in [0.29, 0.717) is 0 Å². The highest BCUT2D eigenvalue weighted by molar-refractivity contribution is 5.88. The van der Waals surface area contributed by atoms with Crippen LogP contribution in [0.5, 0.6) is 0 Å². The van der Waals surface area contributed by atoms with Gasteiger partial charge in [-0.15, -0.1) is 0 Å².